The lowest BCUT2D eigenvalue weighted by molar-refractivity contribution is 0.102. The Morgan fingerprint density at radius 2 is 1.79 bits per heavy atom. The van der Waals surface area contributed by atoms with Crippen LogP contribution in [0.15, 0.2) is 54.6 Å². The number of aromatic nitrogens is 2. The molecule has 0 saturated heterocycles. The highest BCUT2D eigenvalue weighted by atomic mass is 19.2. The van der Waals surface area contributed by atoms with Gasteiger partial charge in [-0.15, -0.1) is 0 Å². The van der Waals surface area contributed by atoms with E-state index in [4.69, 9.17) is 0 Å². The maximum atomic E-state index is 13.3. The molecule has 0 bridgehead atoms. The molecular weight excluding hydrogens is 362 g/mol. The van der Waals surface area contributed by atoms with Crippen molar-refractivity contribution in [3.05, 3.63) is 83.3 Å². The van der Waals surface area contributed by atoms with Gasteiger partial charge in [0.05, 0.1) is 0 Å². The Labute approximate surface area is 161 Å². The third-order valence-corrected chi connectivity index (χ3v) is 4.04. The van der Waals surface area contributed by atoms with E-state index in [1.165, 1.54) is 17.7 Å². The van der Waals surface area contributed by atoms with Crippen LogP contribution in [0, 0.1) is 18.6 Å². The van der Waals surface area contributed by atoms with Gasteiger partial charge in [0.2, 0.25) is 0 Å². The summed E-state index contributed by atoms with van der Waals surface area (Å²) in [5.41, 5.74) is 1.55. The van der Waals surface area contributed by atoms with Crippen LogP contribution in [0.1, 0.15) is 28.3 Å². The van der Waals surface area contributed by atoms with E-state index >= 15 is 0 Å². The van der Waals surface area contributed by atoms with E-state index in [9.17, 15) is 13.6 Å². The lowest BCUT2D eigenvalue weighted by Gasteiger charge is -2.09. The molecule has 1 aromatic heterocycles. The van der Waals surface area contributed by atoms with Gasteiger partial charge in [0.25, 0.3) is 5.91 Å². The van der Waals surface area contributed by atoms with Crippen LogP contribution in [-0.2, 0) is 6.42 Å². The Balaban J connectivity index is 1.60. The minimum absolute atomic E-state index is 0.141. The molecule has 1 amide bonds. The monoisotopic (exact) mass is 382 g/mol. The largest absolute Gasteiger partial charge is 0.370 e. The number of benzene rings is 2. The number of hydrogen-bond acceptors (Lipinski definition) is 4. The highest BCUT2D eigenvalue weighted by molar-refractivity contribution is 6.03. The number of nitrogens with zero attached hydrogens (tertiary/aromatic N) is 2. The standard InChI is InChI=1S/C21H20F2N4O/c1-14-25-19(21(28)27-16-9-10-17(22)18(23)12-16)13-20(26-14)24-11-5-8-15-6-3-2-4-7-15/h2-4,6-7,9-10,12-13H,5,8,11H2,1H3,(H,27,28)(H,24,25,26). The predicted molar refractivity (Wildman–Crippen MR) is 104 cm³/mol. The van der Waals surface area contributed by atoms with E-state index in [0.717, 1.165) is 25.0 Å². The number of nitrogens with one attached hydrogen (secondary N) is 2. The van der Waals surface area contributed by atoms with Crippen LogP contribution in [-0.4, -0.2) is 22.4 Å². The minimum atomic E-state index is -1.03. The molecule has 0 aliphatic carbocycles. The maximum Gasteiger partial charge on any atom is 0.274 e. The zero-order chi connectivity index (χ0) is 19.9. The lowest BCUT2D eigenvalue weighted by atomic mass is 10.1. The molecule has 0 radical (unpaired) electrons. The first kappa shape index (κ1) is 19.4. The summed E-state index contributed by atoms with van der Waals surface area (Å²) >= 11 is 0. The topological polar surface area (TPSA) is 66.9 Å². The van der Waals surface area contributed by atoms with E-state index in [1.54, 1.807) is 6.92 Å². The molecule has 1 heterocycles. The molecule has 3 aromatic rings. The van der Waals surface area contributed by atoms with Gasteiger partial charge < -0.3 is 10.6 Å². The third-order valence-electron chi connectivity index (χ3n) is 4.04. The summed E-state index contributed by atoms with van der Waals surface area (Å²) in [6, 6.07) is 14.9. The van der Waals surface area contributed by atoms with Crippen molar-refractivity contribution >= 4 is 17.4 Å². The Bertz CT molecular complexity index is 964. The van der Waals surface area contributed by atoms with Crippen molar-refractivity contribution in [2.75, 3.05) is 17.2 Å². The third kappa shape index (κ3) is 5.33. The first-order chi connectivity index (χ1) is 13.5. The molecule has 0 saturated carbocycles. The van der Waals surface area contributed by atoms with E-state index in [2.05, 4.69) is 32.7 Å². The van der Waals surface area contributed by atoms with E-state index in [0.29, 0.717) is 18.2 Å². The van der Waals surface area contributed by atoms with E-state index < -0.39 is 17.5 Å². The van der Waals surface area contributed by atoms with Crippen molar-refractivity contribution in [3.8, 4) is 0 Å². The predicted octanol–water partition coefficient (Wildman–Crippen LogP) is 4.36. The fourth-order valence-corrected chi connectivity index (χ4v) is 2.70. The van der Waals surface area contributed by atoms with Gasteiger partial charge in [0.1, 0.15) is 17.3 Å². The number of anilines is 2. The summed E-state index contributed by atoms with van der Waals surface area (Å²) in [7, 11) is 0. The normalized spacial score (nSPS) is 10.5. The lowest BCUT2D eigenvalue weighted by Crippen LogP contribution is -2.16. The molecule has 144 valence electrons. The molecule has 5 nitrogen and oxygen atoms in total. The van der Waals surface area contributed by atoms with Gasteiger partial charge >= 0.3 is 0 Å². The van der Waals surface area contributed by atoms with Crippen LogP contribution in [0.2, 0.25) is 0 Å². The average Bonchev–Trinajstić information content (AvgIpc) is 2.68. The van der Waals surface area contributed by atoms with Crippen molar-refractivity contribution in [1.29, 1.82) is 0 Å². The van der Waals surface area contributed by atoms with Crippen LogP contribution < -0.4 is 10.6 Å². The second-order valence-electron chi connectivity index (χ2n) is 6.28. The van der Waals surface area contributed by atoms with E-state index in [-0.39, 0.29) is 11.4 Å². The number of carbonyl (C=O) groups excluding carboxylic acids is 1. The summed E-state index contributed by atoms with van der Waals surface area (Å²) in [6.45, 7) is 2.37. The Morgan fingerprint density at radius 3 is 2.54 bits per heavy atom. The molecule has 2 aromatic carbocycles. The first-order valence-corrected chi connectivity index (χ1v) is 8.91. The molecule has 0 fully saturated rings. The highest BCUT2D eigenvalue weighted by Crippen LogP contribution is 2.15. The van der Waals surface area contributed by atoms with Crippen molar-refractivity contribution in [2.24, 2.45) is 0 Å². The second-order valence-corrected chi connectivity index (χ2v) is 6.28. The van der Waals surface area contributed by atoms with Crippen molar-refractivity contribution in [3.63, 3.8) is 0 Å². The summed E-state index contributed by atoms with van der Waals surface area (Å²) < 4.78 is 26.3. The summed E-state index contributed by atoms with van der Waals surface area (Å²) in [5, 5.41) is 5.70. The zero-order valence-electron chi connectivity index (χ0n) is 15.4. The minimum Gasteiger partial charge on any atom is -0.370 e. The van der Waals surface area contributed by atoms with Crippen molar-refractivity contribution in [1.82, 2.24) is 9.97 Å². The molecule has 0 aliphatic heterocycles. The number of halogens is 2. The fraction of sp³-hybridized carbons (Fsp3) is 0.190. The quantitative estimate of drug-likeness (QED) is 0.596. The van der Waals surface area contributed by atoms with Gasteiger partial charge in [0, 0.05) is 24.4 Å². The SMILES string of the molecule is Cc1nc(NCCCc2ccccc2)cc(C(=O)Nc2ccc(F)c(F)c2)n1. The average molecular weight is 382 g/mol. The summed E-state index contributed by atoms with van der Waals surface area (Å²) in [4.78, 5) is 20.8. The van der Waals surface area contributed by atoms with E-state index in [1.807, 2.05) is 18.2 Å². The van der Waals surface area contributed by atoms with Crippen LogP contribution in [0.3, 0.4) is 0 Å². The molecule has 2 N–H and O–H groups in total. The van der Waals surface area contributed by atoms with Crippen LogP contribution in [0.25, 0.3) is 0 Å². The van der Waals surface area contributed by atoms with Crippen molar-refractivity contribution < 1.29 is 13.6 Å². The van der Waals surface area contributed by atoms with Crippen molar-refractivity contribution in [2.45, 2.75) is 19.8 Å². The smallest absolute Gasteiger partial charge is 0.274 e. The highest BCUT2D eigenvalue weighted by Gasteiger charge is 2.12. The van der Waals surface area contributed by atoms with Gasteiger partial charge in [-0.2, -0.15) is 0 Å². The van der Waals surface area contributed by atoms with Gasteiger partial charge in [-0.3, -0.25) is 4.79 Å². The molecular formula is C21H20F2N4O. The van der Waals surface area contributed by atoms with Crippen LogP contribution in [0.4, 0.5) is 20.3 Å². The Kier molecular flexibility index (Phi) is 6.26. The molecule has 0 atom stereocenters. The number of aryl methyl sites for hydroxylation is 2. The van der Waals surface area contributed by atoms with Gasteiger partial charge in [-0.1, -0.05) is 30.3 Å². The number of carbonyl (C=O) groups is 1. The molecule has 0 spiro atoms. The second kappa shape index (κ2) is 9.03. The Hall–Kier alpha value is -3.35. The summed E-state index contributed by atoms with van der Waals surface area (Å²) in [6.07, 6.45) is 1.84. The number of rotatable bonds is 7. The number of hydrogen-bond donors (Lipinski definition) is 2. The molecule has 28 heavy (non-hydrogen) atoms. The summed E-state index contributed by atoms with van der Waals surface area (Å²) in [5.74, 6) is -1.56. The van der Waals surface area contributed by atoms with Gasteiger partial charge in [0.15, 0.2) is 11.6 Å². The molecule has 7 heteroatoms. The first-order valence-electron chi connectivity index (χ1n) is 8.91. The maximum absolute atomic E-state index is 13.3. The van der Waals surface area contributed by atoms with Crippen LogP contribution in [0.5, 0.6) is 0 Å². The van der Waals surface area contributed by atoms with Gasteiger partial charge in [-0.05, 0) is 37.5 Å². The fourth-order valence-electron chi connectivity index (χ4n) is 2.70. The number of amides is 1. The van der Waals surface area contributed by atoms with Gasteiger partial charge in [-0.25, -0.2) is 18.7 Å². The molecule has 0 unspecified atom stereocenters. The molecule has 0 aliphatic rings. The molecule has 3 rings (SSSR count). The van der Waals surface area contributed by atoms with Crippen LogP contribution >= 0.6 is 0 Å². The zero-order valence-corrected chi connectivity index (χ0v) is 15.4. The Morgan fingerprint density at radius 1 is 1.00 bits per heavy atom.